The highest BCUT2D eigenvalue weighted by atomic mass is 16.3. The standard InChI is InChI=1S/C29H50O2/c1-6-21(20(3)18-30)8-7-19(2)25-11-12-26-24-10-9-22-17-23(31)13-15-28(22,4)27(24)14-16-29(25,26)5/h9,19-21,23-27,30-31H,6-8,10-18H2,1-5H3/t19-,20?,21-,23+,24+,25-,26+,27+,28+,29-/m1/s1. The maximum atomic E-state index is 10.2. The Morgan fingerprint density at radius 2 is 1.81 bits per heavy atom. The van der Waals surface area contributed by atoms with E-state index in [1.165, 1.54) is 57.8 Å². The van der Waals surface area contributed by atoms with Gasteiger partial charge in [0.1, 0.15) is 0 Å². The summed E-state index contributed by atoms with van der Waals surface area (Å²) in [7, 11) is 0. The van der Waals surface area contributed by atoms with E-state index >= 15 is 0 Å². The van der Waals surface area contributed by atoms with Gasteiger partial charge in [-0.15, -0.1) is 0 Å². The molecule has 0 bridgehead atoms. The predicted octanol–water partition coefficient (Wildman–Crippen LogP) is 7.00. The number of hydrogen-bond donors (Lipinski definition) is 2. The first-order chi connectivity index (χ1) is 14.7. The van der Waals surface area contributed by atoms with Gasteiger partial charge in [0.2, 0.25) is 0 Å². The van der Waals surface area contributed by atoms with Crippen LogP contribution in [0.1, 0.15) is 105 Å². The molecule has 3 saturated carbocycles. The maximum Gasteiger partial charge on any atom is 0.0577 e. The van der Waals surface area contributed by atoms with Crippen molar-refractivity contribution in [1.82, 2.24) is 0 Å². The van der Waals surface area contributed by atoms with Crippen LogP contribution in [0.4, 0.5) is 0 Å². The van der Waals surface area contributed by atoms with E-state index in [2.05, 4.69) is 40.7 Å². The molecule has 0 saturated heterocycles. The van der Waals surface area contributed by atoms with Gasteiger partial charge in [-0.1, -0.05) is 59.1 Å². The molecule has 3 fully saturated rings. The summed E-state index contributed by atoms with van der Waals surface area (Å²) in [5.74, 6) is 5.43. The van der Waals surface area contributed by atoms with Crippen molar-refractivity contribution in [3.63, 3.8) is 0 Å². The largest absolute Gasteiger partial charge is 0.396 e. The van der Waals surface area contributed by atoms with E-state index < -0.39 is 0 Å². The summed E-state index contributed by atoms with van der Waals surface area (Å²) >= 11 is 0. The second kappa shape index (κ2) is 9.13. The third-order valence-corrected chi connectivity index (χ3v) is 11.4. The van der Waals surface area contributed by atoms with Crippen LogP contribution < -0.4 is 0 Å². The van der Waals surface area contributed by atoms with Crippen molar-refractivity contribution in [3.05, 3.63) is 11.6 Å². The number of hydrogen-bond acceptors (Lipinski definition) is 2. The molecule has 0 heterocycles. The SMILES string of the molecule is CC[C@H](CC[C@@H](C)[C@H]1CC[C@H]2[C@@H]3CC=C4C[C@@H](O)CC[C@]4(C)[C@H]3CC[C@]12C)C(C)CO. The van der Waals surface area contributed by atoms with Crippen LogP contribution in [0, 0.1) is 52.3 Å². The van der Waals surface area contributed by atoms with Crippen LogP contribution in [0.25, 0.3) is 0 Å². The van der Waals surface area contributed by atoms with Gasteiger partial charge in [-0.2, -0.15) is 0 Å². The van der Waals surface area contributed by atoms with Gasteiger partial charge in [0.05, 0.1) is 6.10 Å². The van der Waals surface area contributed by atoms with E-state index in [1.807, 2.05) is 0 Å². The molecule has 2 heteroatoms. The Hall–Kier alpha value is -0.340. The van der Waals surface area contributed by atoms with Crippen LogP contribution >= 0.6 is 0 Å². The first-order valence-electron chi connectivity index (χ1n) is 13.7. The van der Waals surface area contributed by atoms with Crippen LogP contribution in [0.2, 0.25) is 0 Å². The summed E-state index contributed by atoms with van der Waals surface area (Å²) in [6.45, 7) is 12.6. The monoisotopic (exact) mass is 430 g/mol. The topological polar surface area (TPSA) is 40.5 Å². The molecule has 0 spiro atoms. The fraction of sp³-hybridized carbons (Fsp3) is 0.931. The lowest BCUT2D eigenvalue weighted by molar-refractivity contribution is -0.0576. The molecule has 0 aromatic heterocycles. The Kier molecular flexibility index (Phi) is 7.01. The molecule has 0 radical (unpaired) electrons. The smallest absolute Gasteiger partial charge is 0.0577 e. The van der Waals surface area contributed by atoms with E-state index in [-0.39, 0.29) is 6.10 Å². The van der Waals surface area contributed by atoms with Crippen molar-refractivity contribution >= 4 is 0 Å². The molecule has 4 aliphatic carbocycles. The van der Waals surface area contributed by atoms with Crippen LogP contribution in [0.15, 0.2) is 11.6 Å². The molecule has 31 heavy (non-hydrogen) atoms. The molecule has 0 amide bonds. The Morgan fingerprint density at radius 1 is 1.03 bits per heavy atom. The molecule has 1 unspecified atom stereocenters. The Morgan fingerprint density at radius 3 is 2.52 bits per heavy atom. The molecule has 0 aliphatic heterocycles. The van der Waals surface area contributed by atoms with Gasteiger partial charge in [-0.05, 0) is 110 Å². The zero-order valence-electron chi connectivity index (χ0n) is 21.1. The van der Waals surface area contributed by atoms with Gasteiger partial charge in [0, 0.05) is 6.61 Å². The summed E-state index contributed by atoms with van der Waals surface area (Å²) in [4.78, 5) is 0. The van der Waals surface area contributed by atoms with Crippen LogP contribution in [-0.2, 0) is 0 Å². The number of aliphatic hydroxyl groups excluding tert-OH is 2. The van der Waals surface area contributed by atoms with Crippen LogP contribution in [0.5, 0.6) is 0 Å². The van der Waals surface area contributed by atoms with Crippen LogP contribution in [-0.4, -0.2) is 22.9 Å². The fourth-order valence-corrected chi connectivity index (χ4v) is 9.34. The number of allylic oxidation sites excluding steroid dienone is 1. The highest BCUT2D eigenvalue weighted by Gasteiger charge is 2.59. The van der Waals surface area contributed by atoms with Gasteiger partial charge in [-0.3, -0.25) is 0 Å². The molecule has 10 atom stereocenters. The lowest BCUT2D eigenvalue weighted by Crippen LogP contribution is -2.50. The van der Waals surface area contributed by atoms with Crippen molar-refractivity contribution in [1.29, 1.82) is 0 Å². The first-order valence-corrected chi connectivity index (χ1v) is 13.7. The summed E-state index contributed by atoms with van der Waals surface area (Å²) < 4.78 is 0. The van der Waals surface area contributed by atoms with Crippen molar-refractivity contribution in [2.75, 3.05) is 6.61 Å². The molecular weight excluding hydrogens is 380 g/mol. The Labute approximate surface area is 192 Å². The van der Waals surface area contributed by atoms with Gasteiger partial charge < -0.3 is 10.2 Å². The maximum absolute atomic E-state index is 10.2. The molecule has 178 valence electrons. The first kappa shape index (κ1) is 23.8. The van der Waals surface area contributed by atoms with Gasteiger partial charge in [-0.25, -0.2) is 0 Å². The molecule has 0 aromatic carbocycles. The Bertz CT molecular complexity index is 655. The number of rotatable bonds is 7. The van der Waals surface area contributed by atoms with Gasteiger partial charge >= 0.3 is 0 Å². The average Bonchev–Trinajstić information content (AvgIpc) is 3.11. The van der Waals surface area contributed by atoms with E-state index in [9.17, 15) is 10.2 Å². The minimum atomic E-state index is -0.0954. The number of fused-ring (bicyclic) bond motifs is 5. The minimum Gasteiger partial charge on any atom is -0.396 e. The third kappa shape index (κ3) is 4.07. The predicted molar refractivity (Wildman–Crippen MR) is 130 cm³/mol. The normalized spacial score (nSPS) is 45.1. The highest BCUT2D eigenvalue weighted by molar-refractivity contribution is 5.25. The van der Waals surface area contributed by atoms with E-state index in [4.69, 9.17) is 0 Å². The van der Waals surface area contributed by atoms with E-state index in [0.717, 1.165) is 42.4 Å². The van der Waals surface area contributed by atoms with Crippen LogP contribution in [0.3, 0.4) is 0 Å². The van der Waals surface area contributed by atoms with Crippen molar-refractivity contribution < 1.29 is 10.2 Å². The summed E-state index contributed by atoms with van der Waals surface area (Å²) in [5.41, 5.74) is 2.49. The molecule has 4 aliphatic rings. The lowest BCUT2D eigenvalue weighted by Gasteiger charge is -2.58. The second-order valence-corrected chi connectivity index (χ2v) is 12.8. The molecule has 4 rings (SSSR count). The number of aliphatic hydroxyl groups is 2. The van der Waals surface area contributed by atoms with Gasteiger partial charge in [0.15, 0.2) is 0 Å². The summed E-state index contributed by atoms with van der Waals surface area (Å²) in [5, 5.41) is 19.9. The third-order valence-electron chi connectivity index (χ3n) is 11.4. The van der Waals surface area contributed by atoms with Crippen molar-refractivity contribution in [2.24, 2.45) is 52.3 Å². The highest BCUT2D eigenvalue weighted by Crippen LogP contribution is 2.67. The van der Waals surface area contributed by atoms with Crippen molar-refractivity contribution in [3.8, 4) is 0 Å². The second-order valence-electron chi connectivity index (χ2n) is 12.8. The van der Waals surface area contributed by atoms with E-state index in [0.29, 0.717) is 29.3 Å². The van der Waals surface area contributed by atoms with Gasteiger partial charge in [0.25, 0.3) is 0 Å². The average molecular weight is 431 g/mol. The molecular formula is C29H50O2. The lowest BCUT2D eigenvalue weighted by atomic mass is 9.47. The zero-order valence-corrected chi connectivity index (χ0v) is 21.1. The zero-order chi connectivity index (χ0) is 22.4. The van der Waals surface area contributed by atoms with E-state index in [1.54, 1.807) is 5.57 Å². The van der Waals surface area contributed by atoms with Crippen molar-refractivity contribution in [2.45, 2.75) is 111 Å². The Balaban J connectivity index is 1.46. The minimum absolute atomic E-state index is 0.0954. The quantitative estimate of drug-likeness (QED) is 0.427. The molecule has 0 aromatic rings. The summed E-state index contributed by atoms with van der Waals surface area (Å²) in [6.07, 6.45) is 16.4. The molecule has 2 nitrogen and oxygen atoms in total. The fourth-order valence-electron chi connectivity index (χ4n) is 9.34. The molecule has 2 N–H and O–H groups in total. The summed E-state index contributed by atoms with van der Waals surface area (Å²) in [6, 6.07) is 0.